The molecule has 0 aliphatic carbocycles. The first-order valence-electron chi connectivity index (χ1n) is 6.21. The number of benzene rings is 1. The van der Waals surface area contributed by atoms with Gasteiger partial charge in [0.1, 0.15) is 5.82 Å². The highest BCUT2D eigenvalue weighted by Crippen LogP contribution is 2.36. The second kappa shape index (κ2) is 5.09. The Morgan fingerprint density at radius 2 is 2.05 bits per heavy atom. The van der Waals surface area contributed by atoms with Crippen LogP contribution in [0.1, 0.15) is 30.5 Å². The van der Waals surface area contributed by atoms with E-state index in [0.29, 0.717) is 12.1 Å². The second-order valence-corrected chi connectivity index (χ2v) is 4.76. The Hall–Kier alpha value is -1.14. The number of nitrogens with two attached hydrogens (primary N) is 1. The third kappa shape index (κ3) is 2.74. The zero-order valence-corrected chi connectivity index (χ0v) is 10.5. The maximum Gasteiger partial charge on any atom is 0.419 e. The first-order chi connectivity index (χ1) is 8.84. The molecule has 0 amide bonds. The van der Waals surface area contributed by atoms with Crippen molar-refractivity contribution in [3.8, 4) is 0 Å². The topological polar surface area (TPSA) is 29.3 Å². The summed E-state index contributed by atoms with van der Waals surface area (Å²) in [7, 11) is 0. The van der Waals surface area contributed by atoms with E-state index in [-0.39, 0.29) is 12.1 Å². The van der Waals surface area contributed by atoms with Crippen molar-refractivity contribution in [1.29, 1.82) is 0 Å². The van der Waals surface area contributed by atoms with Gasteiger partial charge in [0.05, 0.1) is 5.56 Å². The maximum absolute atomic E-state index is 13.3. The minimum atomic E-state index is -4.68. The summed E-state index contributed by atoms with van der Waals surface area (Å²) in [6, 6.07) is 2.66. The molecule has 1 heterocycles. The lowest BCUT2D eigenvalue weighted by molar-refractivity contribution is -0.140. The largest absolute Gasteiger partial charge is 0.419 e. The third-order valence-corrected chi connectivity index (χ3v) is 3.59. The minimum Gasteiger partial charge on any atom is -0.326 e. The summed E-state index contributed by atoms with van der Waals surface area (Å²) >= 11 is 0. The Balaban J connectivity index is 2.40. The molecular formula is C13H16F4N2. The van der Waals surface area contributed by atoms with Gasteiger partial charge in [-0.25, -0.2) is 4.39 Å². The average molecular weight is 276 g/mol. The van der Waals surface area contributed by atoms with Crippen molar-refractivity contribution in [2.45, 2.75) is 31.6 Å². The van der Waals surface area contributed by atoms with E-state index in [1.165, 1.54) is 6.07 Å². The molecule has 0 spiro atoms. The smallest absolute Gasteiger partial charge is 0.326 e. The molecule has 1 aliphatic heterocycles. The molecule has 2 rings (SSSR count). The monoisotopic (exact) mass is 276 g/mol. The molecule has 2 atom stereocenters. The van der Waals surface area contributed by atoms with Crippen molar-refractivity contribution in [3.05, 3.63) is 35.1 Å². The molecule has 1 saturated heterocycles. The van der Waals surface area contributed by atoms with Gasteiger partial charge in [-0.3, -0.25) is 4.90 Å². The Kier molecular flexibility index (Phi) is 3.82. The normalized spacial score (nSPS) is 24.9. The third-order valence-electron chi connectivity index (χ3n) is 3.59. The molecule has 0 saturated carbocycles. The molecule has 106 valence electrons. The fourth-order valence-corrected chi connectivity index (χ4v) is 2.64. The van der Waals surface area contributed by atoms with Crippen molar-refractivity contribution >= 4 is 0 Å². The van der Waals surface area contributed by atoms with Crippen LogP contribution >= 0.6 is 0 Å². The van der Waals surface area contributed by atoms with E-state index >= 15 is 0 Å². The molecule has 1 aromatic rings. The van der Waals surface area contributed by atoms with Gasteiger partial charge in [-0.2, -0.15) is 13.2 Å². The number of hydrogen-bond acceptors (Lipinski definition) is 2. The van der Waals surface area contributed by atoms with Crippen LogP contribution in [0, 0.1) is 5.82 Å². The molecule has 0 aromatic heterocycles. The van der Waals surface area contributed by atoms with Crippen LogP contribution in [0.3, 0.4) is 0 Å². The van der Waals surface area contributed by atoms with E-state index < -0.39 is 17.6 Å². The molecule has 1 aromatic carbocycles. The summed E-state index contributed by atoms with van der Waals surface area (Å²) in [4.78, 5) is 2.01. The summed E-state index contributed by atoms with van der Waals surface area (Å²) in [5.41, 5.74) is 5.17. The van der Waals surface area contributed by atoms with E-state index in [2.05, 4.69) is 0 Å². The zero-order chi connectivity index (χ0) is 14.2. The van der Waals surface area contributed by atoms with E-state index in [9.17, 15) is 17.6 Å². The van der Waals surface area contributed by atoms with Crippen LogP contribution in [-0.2, 0) is 6.18 Å². The summed E-state index contributed by atoms with van der Waals surface area (Å²) in [6.07, 6.45) is -3.95. The standard InChI is InChI=1S/C13H16F4N2/c1-2-19-6-5-11(18)12(19)8-3-4-10(14)9(7-8)13(15,16)17/h3-4,7,11-12H,2,5-6,18H2,1H3. The summed E-state index contributed by atoms with van der Waals surface area (Å²) in [5, 5.41) is 0. The Morgan fingerprint density at radius 3 is 2.63 bits per heavy atom. The predicted octanol–water partition coefficient (Wildman–Crippen LogP) is 2.94. The van der Waals surface area contributed by atoms with Crippen LogP contribution in [0.4, 0.5) is 17.6 Å². The van der Waals surface area contributed by atoms with Crippen LogP contribution in [0.25, 0.3) is 0 Å². The fraction of sp³-hybridized carbons (Fsp3) is 0.538. The van der Waals surface area contributed by atoms with Gasteiger partial charge in [0.25, 0.3) is 0 Å². The quantitative estimate of drug-likeness (QED) is 0.841. The molecule has 1 aliphatic rings. The average Bonchev–Trinajstić information content (AvgIpc) is 2.70. The molecule has 6 heteroatoms. The second-order valence-electron chi connectivity index (χ2n) is 4.76. The molecule has 1 fully saturated rings. The van der Waals surface area contributed by atoms with Gasteiger partial charge in [-0.1, -0.05) is 13.0 Å². The highest BCUT2D eigenvalue weighted by atomic mass is 19.4. The number of rotatable bonds is 2. The number of alkyl halides is 3. The molecule has 2 nitrogen and oxygen atoms in total. The van der Waals surface area contributed by atoms with Gasteiger partial charge in [0, 0.05) is 18.6 Å². The molecular weight excluding hydrogens is 260 g/mol. The highest BCUT2D eigenvalue weighted by Gasteiger charge is 2.37. The SMILES string of the molecule is CCN1CCC(N)C1c1ccc(F)c(C(F)(F)F)c1. The summed E-state index contributed by atoms with van der Waals surface area (Å²) < 4.78 is 51.4. The van der Waals surface area contributed by atoms with Crippen molar-refractivity contribution in [2.75, 3.05) is 13.1 Å². The van der Waals surface area contributed by atoms with E-state index in [1.807, 2.05) is 11.8 Å². The molecule has 0 radical (unpaired) electrons. The molecule has 0 bridgehead atoms. The van der Waals surface area contributed by atoms with Gasteiger partial charge >= 0.3 is 6.18 Å². The van der Waals surface area contributed by atoms with Gasteiger partial charge in [0.15, 0.2) is 0 Å². The van der Waals surface area contributed by atoms with Crippen LogP contribution in [0.2, 0.25) is 0 Å². The fourth-order valence-electron chi connectivity index (χ4n) is 2.64. The Bertz CT molecular complexity index is 458. The van der Waals surface area contributed by atoms with Crippen LogP contribution < -0.4 is 5.73 Å². The Labute approximate surface area is 109 Å². The Morgan fingerprint density at radius 1 is 1.37 bits per heavy atom. The van der Waals surface area contributed by atoms with E-state index in [1.54, 1.807) is 0 Å². The van der Waals surface area contributed by atoms with Crippen LogP contribution in [0.5, 0.6) is 0 Å². The highest BCUT2D eigenvalue weighted by molar-refractivity contribution is 5.31. The number of halogens is 4. The summed E-state index contributed by atoms with van der Waals surface area (Å²) in [5.74, 6) is -1.24. The maximum atomic E-state index is 13.3. The van der Waals surface area contributed by atoms with E-state index in [0.717, 1.165) is 25.1 Å². The predicted molar refractivity (Wildman–Crippen MR) is 64.0 cm³/mol. The lowest BCUT2D eigenvalue weighted by Gasteiger charge is -2.26. The number of likely N-dealkylation sites (N-methyl/N-ethyl adjacent to an activating group) is 1. The van der Waals surface area contributed by atoms with Crippen LogP contribution in [-0.4, -0.2) is 24.0 Å². The van der Waals surface area contributed by atoms with Gasteiger partial charge < -0.3 is 5.73 Å². The number of likely N-dealkylation sites (tertiary alicyclic amines) is 1. The number of nitrogens with zero attached hydrogens (tertiary/aromatic N) is 1. The van der Waals surface area contributed by atoms with Gasteiger partial charge in [0.2, 0.25) is 0 Å². The van der Waals surface area contributed by atoms with Crippen molar-refractivity contribution in [1.82, 2.24) is 4.90 Å². The molecule has 2 unspecified atom stereocenters. The van der Waals surface area contributed by atoms with E-state index in [4.69, 9.17) is 5.73 Å². The first-order valence-corrected chi connectivity index (χ1v) is 6.21. The lowest BCUT2D eigenvalue weighted by Crippen LogP contribution is -2.32. The van der Waals surface area contributed by atoms with Crippen molar-refractivity contribution in [3.63, 3.8) is 0 Å². The zero-order valence-electron chi connectivity index (χ0n) is 10.5. The summed E-state index contributed by atoms with van der Waals surface area (Å²) in [6.45, 7) is 3.39. The van der Waals surface area contributed by atoms with Gasteiger partial charge in [-0.15, -0.1) is 0 Å². The van der Waals surface area contributed by atoms with Crippen molar-refractivity contribution < 1.29 is 17.6 Å². The molecule has 19 heavy (non-hydrogen) atoms. The van der Waals surface area contributed by atoms with Crippen LogP contribution in [0.15, 0.2) is 18.2 Å². The van der Waals surface area contributed by atoms with Gasteiger partial charge in [-0.05, 0) is 30.7 Å². The first kappa shape index (κ1) is 14.3. The van der Waals surface area contributed by atoms with Crippen molar-refractivity contribution in [2.24, 2.45) is 5.73 Å². The number of hydrogen-bond donors (Lipinski definition) is 1. The lowest BCUT2D eigenvalue weighted by atomic mass is 9.98. The minimum absolute atomic E-state index is 0.216. The molecule has 2 N–H and O–H groups in total.